The lowest BCUT2D eigenvalue weighted by atomic mass is 10.2. The van der Waals surface area contributed by atoms with Gasteiger partial charge in [-0.3, -0.25) is 4.79 Å². The molecule has 0 bridgehead atoms. The Morgan fingerprint density at radius 1 is 1.39 bits per heavy atom. The molecular formula is C13H21N3O2. The van der Waals surface area contributed by atoms with Gasteiger partial charge in [-0.15, -0.1) is 0 Å². The molecule has 0 aliphatic heterocycles. The fourth-order valence-corrected chi connectivity index (χ4v) is 1.36. The van der Waals surface area contributed by atoms with Gasteiger partial charge in [-0.05, 0) is 6.07 Å². The number of hydrogen-bond acceptors (Lipinski definition) is 4. The third-order valence-electron chi connectivity index (χ3n) is 2.42. The first kappa shape index (κ1) is 14.4. The highest BCUT2D eigenvalue weighted by atomic mass is 16.5. The van der Waals surface area contributed by atoms with E-state index in [1.165, 1.54) is 0 Å². The molecule has 0 atom stereocenters. The fraction of sp³-hybridized carbons (Fsp3) is 0.538. The summed E-state index contributed by atoms with van der Waals surface area (Å²) in [6.07, 6.45) is 0. The predicted molar refractivity (Wildman–Crippen MR) is 70.3 cm³/mol. The predicted octanol–water partition coefficient (Wildman–Crippen LogP) is 0.952. The standard InChI is InChI=1S/C13H21N3O2/c1-10(2)13(17)15-8-7-14-9-11-5-4-6-12(16-11)18-3/h4-6,10,14H,7-9H2,1-3H3,(H,15,17). The molecule has 0 saturated heterocycles. The molecule has 1 rings (SSSR count). The number of methoxy groups -OCH3 is 1. The minimum atomic E-state index is 0.0325. The Kier molecular flexibility index (Phi) is 6.14. The van der Waals surface area contributed by atoms with Crippen molar-refractivity contribution in [2.45, 2.75) is 20.4 Å². The van der Waals surface area contributed by atoms with Crippen LogP contribution in [0.3, 0.4) is 0 Å². The number of amides is 1. The first-order valence-corrected chi connectivity index (χ1v) is 6.12. The quantitative estimate of drug-likeness (QED) is 0.708. The van der Waals surface area contributed by atoms with E-state index < -0.39 is 0 Å². The van der Waals surface area contributed by atoms with Crippen LogP contribution in [0.1, 0.15) is 19.5 Å². The second kappa shape index (κ2) is 7.66. The van der Waals surface area contributed by atoms with Crippen molar-refractivity contribution in [1.82, 2.24) is 15.6 Å². The first-order chi connectivity index (χ1) is 8.63. The van der Waals surface area contributed by atoms with Crippen molar-refractivity contribution in [2.75, 3.05) is 20.2 Å². The molecule has 1 heterocycles. The molecule has 1 aromatic rings. The SMILES string of the molecule is COc1cccc(CNCCNC(=O)C(C)C)n1. The van der Waals surface area contributed by atoms with E-state index in [1.54, 1.807) is 7.11 Å². The molecule has 0 aliphatic rings. The molecule has 0 saturated carbocycles. The summed E-state index contributed by atoms with van der Waals surface area (Å²) in [7, 11) is 1.60. The maximum Gasteiger partial charge on any atom is 0.222 e. The normalized spacial score (nSPS) is 10.4. The van der Waals surface area contributed by atoms with E-state index in [0.717, 1.165) is 12.2 Å². The van der Waals surface area contributed by atoms with Gasteiger partial charge in [-0.1, -0.05) is 19.9 Å². The molecule has 1 aromatic heterocycles. The van der Waals surface area contributed by atoms with Crippen LogP contribution >= 0.6 is 0 Å². The summed E-state index contributed by atoms with van der Waals surface area (Å²) in [4.78, 5) is 15.6. The zero-order valence-electron chi connectivity index (χ0n) is 11.2. The van der Waals surface area contributed by atoms with E-state index in [-0.39, 0.29) is 11.8 Å². The molecule has 1 amide bonds. The Hall–Kier alpha value is -1.62. The molecule has 0 spiro atoms. The number of nitrogens with zero attached hydrogens (tertiary/aromatic N) is 1. The summed E-state index contributed by atoms with van der Waals surface area (Å²) in [5, 5.41) is 6.06. The van der Waals surface area contributed by atoms with Crippen molar-refractivity contribution in [3.05, 3.63) is 23.9 Å². The molecule has 5 heteroatoms. The Morgan fingerprint density at radius 3 is 2.83 bits per heavy atom. The van der Waals surface area contributed by atoms with Gasteiger partial charge >= 0.3 is 0 Å². The summed E-state index contributed by atoms with van der Waals surface area (Å²) in [5.74, 6) is 0.726. The van der Waals surface area contributed by atoms with Crippen LogP contribution in [0, 0.1) is 5.92 Å². The number of nitrogens with one attached hydrogen (secondary N) is 2. The lowest BCUT2D eigenvalue weighted by Crippen LogP contribution is -2.34. The van der Waals surface area contributed by atoms with Crippen molar-refractivity contribution in [2.24, 2.45) is 5.92 Å². The third kappa shape index (κ3) is 5.14. The van der Waals surface area contributed by atoms with Crippen LogP contribution in [0.15, 0.2) is 18.2 Å². The van der Waals surface area contributed by atoms with Gasteiger partial charge in [0.2, 0.25) is 11.8 Å². The zero-order chi connectivity index (χ0) is 13.4. The maximum absolute atomic E-state index is 11.3. The van der Waals surface area contributed by atoms with Crippen LogP contribution in [-0.4, -0.2) is 31.1 Å². The van der Waals surface area contributed by atoms with E-state index in [2.05, 4.69) is 15.6 Å². The number of rotatable bonds is 7. The molecule has 5 nitrogen and oxygen atoms in total. The number of carbonyl (C=O) groups is 1. The number of pyridine rings is 1. The fourth-order valence-electron chi connectivity index (χ4n) is 1.36. The van der Waals surface area contributed by atoms with Crippen LogP contribution in [0.4, 0.5) is 0 Å². The van der Waals surface area contributed by atoms with Crippen molar-refractivity contribution in [3.63, 3.8) is 0 Å². The van der Waals surface area contributed by atoms with E-state index in [1.807, 2.05) is 32.0 Å². The van der Waals surface area contributed by atoms with E-state index in [4.69, 9.17) is 4.74 Å². The molecule has 100 valence electrons. The Balaban J connectivity index is 2.19. The highest BCUT2D eigenvalue weighted by Gasteiger charge is 2.04. The Morgan fingerprint density at radius 2 is 2.17 bits per heavy atom. The van der Waals surface area contributed by atoms with Crippen LogP contribution in [0.2, 0.25) is 0 Å². The maximum atomic E-state index is 11.3. The van der Waals surface area contributed by atoms with Crippen LogP contribution < -0.4 is 15.4 Å². The molecule has 2 N–H and O–H groups in total. The Bertz CT molecular complexity index is 380. The zero-order valence-corrected chi connectivity index (χ0v) is 11.2. The van der Waals surface area contributed by atoms with Crippen LogP contribution in [0.25, 0.3) is 0 Å². The van der Waals surface area contributed by atoms with Gasteiger partial charge in [0.15, 0.2) is 0 Å². The molecule has 18 heavy (non-hydrogen) atoms. The summed E-state index contributed by atoms with van der Waals surface area (Å²) in [6.45, 7) is 5.76. The largest absolute Gasteiger partial charge is 0.481 e. The molecular weight excluding hydrogens is 230 g/mol. The lowest BCUT2D eigenvalue weighted by Gasteiger charge is -2.08. The smallest absolute Gasteiger partial charge is 0.222 e. The molecule has 0 aromatic carbocycles. The van der Waals surface area contributed by atoms with E-state index >= 15 is 0 Å². The molecule has 0 radical (unpaired) electrons. The number of hydrogen-bond donors (Lipinski definition) is 2. The lowest BCUT2D eigenvalue weighted by molar-refractivity contribution is -0.123. The van der Waals surface area contributed by atoms with Crippen molar-refractivity contribution >= 4 is 5.91 Å². The van der Waals surface area contributed by atoms with Crippen LogP contribution in [0.5, 0.6) is 5.88 Å². The van der Waals surface area contributed by atoms with Gasteiger partial charge in [0, 0.05) is 31.6 Å². The average Bonchev–Trinajstić information content (AvgIpc) is 2.38. The van der Waals surface area contributed by atoms with Gasteiger partial charge in [-0.25, -0.2) is 4.98 Å². The number of ether oxygens (including phenoxy) is 1. The molecule has 0 unspecified atom stereocenters. The second-order valence-electron chi connectivity index (χ2n) is 4.29. The van der Waals surface area contributed by atoms with Crippen molar-refractivity contribution in [1.29, 1.82) is 0 Å². The number of aromatic nitrogens is 1. The van der Waals surface area contributed by atoms with Gasteiger partial charge in [0.1, 0.15) is 0 Å². The highest BCUT2D eigenvalue weighted by molar-refractivity contribution is 5.77. The minimum Gasteiger partial charge on any atom is -0.481 e. The second-order valence-corrected chi connectivity index (χ2v) is 4.29. The van der Waals surface area contributed by atoms with Crippen LogP contribution in [-0.2, 0) is 11.3 Å². The number of carbonyl (C=O) groups excluding carboxylic acids is 1. The van der Waals surface area contributed by atoms with Gasteiger partial charge < -0.3 is 15.4 Å². The average molecular weight is 251 g/mol. The van der Waals surface area contributed by atoms with Crippen molar-refractivity contribution < 1.29 is 9.53 Å². The molecule has 0 fully saturated rings. The topological polar surface area (TPSA) is 63.2 Å². The Labute approximate surface area is 108 Å². The summed E-state index contributed by atoms with van der Waals surface area (Å²) >= 11 is 0. The van der Waals surface area contributed by atoms with E-state index in [9.17, 15) is 4.79 Å². The minimum absolute atomic E-state index is 0.0325. The van der Waals surface area contributed by atoms with Gasteiger partial charge in [0.25, 0.3) is 0 Å². The summed E-state index contributed by atoms with van der Waals surface area (Å²) in [5.41, 5.74) is 0.921. The third-order valence-corrected chi connectivity index (χ3v) is 2.42. The van der Waals surface area contributed by atoms with Gasteiger partial charge in [-0.2, -0.15) is 0 Å². The summed E-state index contributed by atoms with van der Waals surface area (Å²) < 4.78 is 5.04. The van der Waals surface area contributed by atoms with Gasteiger partial charge in [0.05, 0.1) is 12.8 Å². The summed E-state index contributed by atoms with van der Waals surface area (Å²) in [6, 6.07) is 5.65. The highest BCUT2D eigenvalue weighted by Crippen LogP contribution is 2.05. The molecule has 0 aliphatic carbocycles. The first-order valence-electron chi connectivity index (χ1n) is 6.12. The van der Waals surface area contributed by atoms with E-state index in [0.29, 0.717) is 19.0 Å². The monoisotopic (exact) mass is 251 g/mol. The van der Waals surface area contributed by atoms with Crippen molar-refractivity contribution in [3.8, 4) is 5.88 Å².